The molecular weight excluding hydrogens is 366 g/mol. The molecule has 3 aromatic heterocycles. The summed E-state index contributed by atoms with van der Waals surface area (Å²) >= 11 is 9.39. The molecule has 3 heterocycles. The van der Waals surface area contributed by atoms with E-state index >= 15 is 0 Å². The second kappa shape index (κ2) is 6.13. The molecule has 0 saturated carbocycles. The molecule has 1 N–H and O–H groups in total. The van der Waals surface area contributed by atoms with Crippen LogP contribution in [0, 0.1) is 10.1 Å². The molecule has 0 aliphatic heterocycles. The van der Waals surface area contributed by atoms with Crippen molar-refractivity contribution in [3.8, 4) is 10.6 Å². The van der Waals surface area contributed by atoms with Crippen LogP contribution in [0.4, 0.5) is 10.1 Å². The topological polar surface area (TPSA) is 85.1 Å². The Kier molecular flexibility index (Phi) is 4.21. The van der Waals surface area contributed by atoms with Crippen molar-refractivity contribution in [2.45, 2.75) is 0 Å². The number of carbonyl (C=O) groups excluding carboxylic acids is 1. The van der Waals surface area contributed by atoms with Gasteiger partial charge in [-0.15, -0.1) is 22.7 Å². The highest BCUT2D eigenvalue weighted by Gasteiger charge is 2.16. The van der Waals surface area contributed by atoms with Crippen LogP contribution in [0.2, 0.25) is 4.34 Å². The maximum absolute atomic E-state index is 12.0. The summed E-state index contributed by atoms with van der Waals surface area (Å²) in [6, 6.07) is 6.37. The number of nitro groups is 1. The Balaban J connectivity index is 1.74. The first kappa shape index (κ1) is 15.1. The van der Waals surface area contributed by atoms with Crippen molar-refractivity contribution in [1.82, 2.24) is 4.98 Å². The van der Waals surface area contributed by atoms with Gasteiger partial charge in [0.2, 0.25) is 0 Å². The monoisotopic (exact) mass is 371 g/mol. The lowest BCUT2D eigenvalue weighted by atomic mass is 10.4. The predicted molar refractivity (Wildman–Crippen MR) is 89.4 cm³/mol. The van der Waals surface area contributed by atoms with Crippen molar-refractivity contribution in [2.24, 2.45) is 0 Å². The summed E-state index contributed by atoms with van der Waals surface area (Å²) in [5.74, 6) is -0.414. The minimum Gasteiger partial charge on any atom is -0.297 e. The van der Waals surface area contributed by atoms with Crippen LogP contribution in [0.25, 0.3) is 10.6 Å². The third kappa shape index (κ3) is 3.17. The van der Waals surface area contributed by atoms with Crippen LogP contribution >= 0.6 is 45.6 Å². The minimum absolute atomic E-state index is 0.0711. The van der Waals surface area contributed by atoms with E-state index in [-0.39, 0.29) is 9.88 Å². The van der Waals surface area contributed by atoms with E-state index in [1.165, 1.54) is 34.8 Å². The van der Waals surface area contributed by atoms with Crippen molar-refractivity contribution < 1.29 is 9.72 Å². The maximum Gasteiger partial charge on any atom is 0.324 e. The molecule has 10 heteroatoms. The van der Waals surface area contributed by atoms with Crippen LogP contribution in [-0.4, -0.2) is 15.8 Å². The fourth-order valence-electron chi connectivity index (χ4n) is 1.60. The molecule has 3 rings (SSSR count). The van der Waals surface area contributed by atoms with Gasteiger partial charge in [0.1, 0.15) is 0 Å². The smallest absolute Gasteiger partial charge is 0.297 e. The Morgan fingerprint density at radius 3 is 2.73 bits per heavy atom. The first-order valence-electron chi connectivity index (χ1n) is 5.80. The average molecular weight is 372 g/mol. The summed E-state index contributed by atoms with van der Waals surface area (Å²) in [6.45, 7) is 0. The highest BCUT2D eigenvalue weighted by molar-refractivity contribution is 7.20. The number of rotatable bonds is 4. The zero-order valence-electron chi connectivity index (χ0n) is 10.6. The first-order valence-corrected chi connectivity index (χ1v) is 8.69. The van der Waals surface area contributed by atoms with Crippen molar-refractivity contribution in [3.63, 3.8) is 0 Å². The lowest BCUT2D eigenvalue weighted by Crippen LogP contribution is -2.09. The summed E-state index contributed by atoms with van der Waals surface area (Å²) in [5, 5.41) is 15.4. The predicted octanol–water partition coefficient (Wildman–Crippen LogP) is 4.75. The van der Waals surface area contributed by atoms with Crippen molar-refractivity contribution in [1.29, 1.82) is 0 Å². The van der Waals surface area contributed by atoms with Crippen LogP contribution in [0.3, 0.4) is 0 Å². The molecule has 0 aliphatic rings. The number of thiazole rings is 1. The first-order chi connectivity index (χ1) is 10.5. The van der Waals surface area contributed by atoms with Crippen molar-refractivity contribution in [2.75, 3.05) is 5.32 Å². The second-order valence-electron chi connectivity index (χ2n) is 3.99. The largest absolute Gasteiger partial charge is 0.324 e. The molecule has 0 saturated heterocycles. The molecule has 0 fully saturated rings. The molecule has 0 radical (unpaired) electrons. The summed E-state index contributed by atoms with van der Waals surface area (Å²) in [4.78, 5) is 27.6. The molecular formula is C12H6ClN3O3S3. The minimum atomic E-state index is -0.524. The van der Waals surface area contributed by atoms with Crippen LogP contribution in [0.5, 0.6) is 0 Å². The normalized spacial score (nSPS) is 10.6. The van der Waals surface area contributed by atoms with E-state index in [1.54, 1.807) is 6.07 Å². The van der Waals surface area contributed by atoms with Crippen molar-refractivity contribution in [3.05, 3.63) is 49.0 Å². The fourth-order valence-corrected chi connectivity index (χ4v) is 4.10. The molecule has 0 bridgehead atoms. The Morgan fingerprint density at radius 2 is 2.09 bits per heavy atom. The molecule has 22 heavy (non-hydrogen) atoms. The van der Waals surface area contributed by atoms with Gasteiger partial charge in [0.05, 0.1) is 24.7 Å². The second-order valence-corrected chi connectivity index (χ2v) is 7.63. The third-order valence-electron chi connectivity index (χ3n) is 2.55. The number of carbonyl (C=O) groups is 1. The molecule has 0 unspecified atom stereocenters. The van der Waals surface area contributed by atoms with Gasteiger partial charge in [0.25, 0.3) is 5.91 Å². The summed E-state index contributed by atoms with van der Waals surface area (Å²) in [5.41, 5.74) is 0.731. The molecule has 1 amide bonds. The van der Waals surface area contributed by atoms with Gasteiger partial charge in [-0.2, -0.15) is 0 Å². The van der Waals surface area contributed by atoms with E-state index < -0.39 is 10.8 Å². The highest BCUT2D eigenvalue weighted by atomic mass is 35.5. The van der Waals surface area contributed by atoms with Crippen LogP contribution < -0.4 is 5.32 Å². The quantitative estimate of drug-likeness (QED) is 0.529. The lowest BCUT2D eigenvalue weighted by molar-refractivity contribution is -0.380. The number of aromatic nitrogens is 1. The summed E-state index contributed by atoms with van der Waals surface area (Å²) in [6.07, 6.45) is 0. The van der Waals surface area contributed by atoms with E-state index in [0.29, 0.717) is 9.47 Å². The zero-order valence-corrected chi connectivity index (χ0v) is 13.8. The SMILES string of the molecule is O=C(Nc1nc(-c2ccc(Cl)s2)cs1)c1ccc([N+](=O)[O-])s1. The number of hydrogen-bond acceptors (Lipinski definition) is 7. The number of anilines is 1. The lowest BCUT2D eigenvalue weighted by Gasteiger charge is -1.97. The molecule has 0 aromatic carbocycles. The Bertz CT molecular complexity index is 855. The van der Waals surface area contributed by atoms with E-state index in [2.05, 4.69) is 10.3 Å². The molecule has 0 aliphatic carbocycles. The number of hydrogen-bond donors (Lipinski definition) is 1. The molecule has 0 atom stereocenters. The standard InChI is InChI=1S/C12H6ClN3O3S3/c13-9-3-1-7(21-9)6-5-20-12(14-6)15-11(17)8-2-4-10(22-8)16(18)19/h1-5H,(H,14,15,17). The number of nitrogens with zero attached hydrogens (tertiary/aromatic N) is 2. The summed E-state index contributed by atoms with van der Waals surface area (Å²) in [7, 11) is 0. The molecule has 0 spiro atoms. The number of nitrogens with one attached hydrogen (secondary N) is 1. The van der Waals surface area contributed by atoms with E-state index in [1.807, 2.05) is 11.4 Å². The van der Waals surface area contributed by atoms with Crippen molar-refractivity contribution >= 4 is 61.7 Å². The number of thiophene rings is 2. The van der Waals surface area contributed by atoms with Crippen LogP contribution in [0.15, 0.2) is 29.6 Å². The van der Waals surface area contributed by atoms with Crippen LogP contribution in [-0.2, 0) is 0 Å². The molecule has 6 nitrogen and oxygen atoms in total. The Labute approximate surface area is 141 Å². The van der Waals surface area contributed by atoms with Gasteiger partial charge in [0, 0.05) is 11.4 Å². The van der Waals surface area contributed by atoms with E-state index in [4.69, 9.17) is 11.6 Å². The number of halogens is 1. The van der Waals surface area contributed by atoms with Gasteiger partial charge in [-0.3, -0.25) is 20.2 Å². The van der Waals surface area contributed by atoms with Gasteiger partial charge in [0.15, 0.2) is 5.13 Å². The van der Waals surface area contributed by atoms with E-state index in [0.717, 1.165) is 21.9 Å². The Morgan fingerprint density at radius 1 is 1.27 bits per heavy atom. The Hall–Kier alpha value is -1.81. The van der Waals surface area contributed by atoms with Crippen LogP contribution in [0.1, 0.15) is 9.67 Å². The molecule has 3 aromatic rings. The summed E-state index contributed by atoms with van der Waals surface area (Å²) < 4.78 is 0.666. The average Bonchev–Trinajstić information content (AvgIpc) is 3.17. The maximum atomic E-state index is 12.0. The van der Waals surface area contributed by atoms with E-state index in [9.17, 15) is 14.9 Å². The van der Waals surface area contributed by atoms with Gasteiger partial charge in [-0.25, -0.2) is 4.98 Å². The third-order valence-corrected chi connectivity index (χ3v) is 5.59. The zero-order chi connectivity index (χ0) is 15.7. The van der Waals surface area contributed by atoms with Gasteiger partial charge in [-0.05, 0) is 18.2 Å². The van der Waals surface area contributed by atoms with Gasteiger partial charge in [-0.1, -0.05) is 22.9 Å². The molecule has 112 valence electrons. The van der Waals surface area contributed by atoms with Gasteiger partial charge < -0.3 is 0 Å². The van der Waals surface area contributed by atoms with Gasteiger partial charge >= 0.3 is 5.00 Å². The fraction of sp³-hybridized carbons (Fsp3) is 0. The highest BCUT2D eigenvalue weighted by Crippen LogP contribution is 2.33. The number of amides is 1.